The van der Waals surface area contributed by atoms with Gasteiger partial charge in [-0.3, -0.25) is 10.1 Å². The van der Waals surface area contributed by atoms with E-state index in [1.54, 1.807) is 24.3 Å². The topological polar surface area (TPSA) is 107 Å². The predicted molar refractivity (Wildman–Crippen MR) is 91.3 cm³/mol. The van der Waals surface area contributed by atoms with Gasteiger partial charge in [0.2, 0.25) is 10.0 Å². The Morgan fingerprint density at radius 3 is 2.42 bits per heavy atom. The van der Waals surface area contributed by atoms with Crippen LogP contribution in [0.1, 0.15) is 11.6 Å². The van der Waals surface area contributed by atoms with E-state index in [1.807, 2.05) is 0 Å². The van der Waals surface area contributed by atoms with Crippen molar-refractivity contribution in [3.8, 4) is 0 Å². The second-order valence-electron chi connectivity index (χ2n) is 5.20. The van der Waals surface area contributed by atoms with Crippen molar-refractivity contribution in [3.05, 3.63) is 69.2 Å². The SMILES string of the molecule is CN(CC(N)c1cccc(Cl)c1)S(=O)(=O)c1ccc([N+](=O)[O-])cc1. The summed E-state index contributed by atoms with van der Waals surface area (Å²) in [5, 5.41) is 11.2. The molecule has 0 amide bonds. The van der Waals surface area contributed by atoms with Crippen molar-refractivity contribution in [3.63, 3.8) is 0 Å². The third-order valence-electron chi connectivity index (χ3n) is 3.49. The van der Waals surface area contributed by atoms with Crippen LogP contribution in [0.3, 0.4) is 0 Å². The maximum atomic E-state index is 12.5. The van der Waals surface area contributed by atoms with Gasteiger partial charge in [0.1, 0.15) is 0 Å². The van der Waals surface area contributed by atoms with Gasteiger partial charge in [-0.15, -0.1) is 0 Å². The Morgan fingerprint density at radius 2 is 1.88 bits per heavy atom. The van der Waals surface area contributed by atoms with Crippen molar-refractivity contribution in [2.75, 3.05) is 13.6 Å². The second-order valence-corrected chi connectivity index (χ2v) is 7.68. The molecule has 0 radical (unpaired) electrons. The Hall–Kier alpha value is -2.00. The third kappa shape index (κ3) is 4.09. The molecule has 0 saturated heterocycles. The van der Waals surface area contributed by atoms with E-state index in [-0.39, 0.29) is 17.1 Å². The molecule has 0 aliphatic rings. The van der Waals surface area contributed by atoms with Crippen LogP contribution in [-0.2, 0) is 10.0 Å². The number of benzene rings is 2. The number of hydrogen-bond donors (Lipinski definition) is 1. The summed E-state index contributed by atoms with van der Waals surface area (Å²) < 4.78 is 26.2. The van der Waals surface area contributed by atoms with E-state index in [9.17, 15) is 18.5 Å². The lowest BCUT2D eigenvalue weighted by Crippen LogP contribution is -2.34. The molecule has 0 heterocycles. The second kappa shape index (κ2) is 7.27. The van der Waals surface area contributed by atoms with Crippen molar-refractivity contribution >= 4 is 27.3 Å². The molecule has 2 rings (SSSR count). The standard InChI is InChI=1S/C15H16ClN3O4S/c1-18(10-15(17)11-3-2-4-12(16)9-11)24(22,23)14-7-5-13(6-8-14)19(20)21/h2-9,15H,10,17H2,1H3. The van der Waals surface area contributed by atoms with Crippen molar-refractivity contribution in [2.24, 2.45) is 5.73 Å². The lowest BCUT2D eigenvalue weighted by atomic mass is 10.1. The van der Waals surface area contributed by atoms with Crippen LogP contribution in [0.25, 0.3) is 0 Å². The molecule has 1 atom stereocenters. The van der Waals surface area contributed by atoms with Gasteiger partial charge in [0.05, 0.1) is 9.82 Å². The number of nitrogens with two attached hydrogens (primary N) is 1. The Balaban J connectivity index is 2.18. The van der Waals surface area contributed by atoms with Gasteiger partial charge in [-0.25, -0.2) is 8.42 Å². The number of nitro groups is 1. The molecule has 0 saturated carbocycles. The van der Waals surface area contributed by atoms with Crippen molar-refractivity contribution in [1.82, 2.24) is 4.31 Å². The molecule has 2 aromatic carbocycles. The molecular weight excluding hydrogens is 354 g/mol. The lowest BCUT2D eigenvalue weighted by Gasteiger charge is -2.21. The summed E-state index contributed by atoms with van der Waals surface area (Å²) in [5.41, 5.74) is 6.59. The number of halogens is 1. The highest BCUT2D eigenvalue weighted by Gasteiger charge is 2.24. The maximum Gasteiger partial charge on any atom is 0.269 e. The molecular formula is C15H16ClN3O4S. The molecule has 0 aromatic heterocycles. The fourth-order valence-corrected chi connectivity index (χ4v) is 3.53. The number of rotatable bonds is 6. The quantitative estimate of drug-likeness (QED) is 0.622. The number of nitro benzene ring substituents is 1. The van der Waals surface area contributed by atoms with Crippen molar-refractivity contribution in [1.29, 1.82) is 0 Å². The van der Waals surface area contributed by atoms with Gasteiger partial charge < -0.3 is 5.73 Å². The summed E-state index contributed by atoms with van der Waals surface area (Å²) in [5.74, 6) is 0. The highest BCUT2D eigenvalue weighted by atomic mass is 35.5. The van der Waals surface area contributed by atoms with Gasteiger partial charge in [0, 0.05) is 36.8 Å². The van der Waals surface area contributed by atoms with Crippen LogP contribution in [0.5, 0.6) is 0 Å². The number of likely N-dealkylation sites (N-methyl/N-ethyl adjacent to an activating group) is 1. The zero-order chi connectivity index (χ0) is 17.9. The summed E-state index contributed by atoms with van der Waals surface area (Å²) in [6.45, 7) is 0.0413. The van der Waals surface area contributed by atoms with E-state index in [0.717, 1.165) is 16.4 Å². The Morgan fingerprint density at radius 1 is 1.25 bits per heavy atom. The summed E-state index contributed by atoms with van der Waals surface area (Å²) in [6, 6.07) is 11.0. The Labute approximate surface area is 144 Å². The smallest absolute Gasteiger partial charge is 0.269 e. The van der Waals surface area contributed by atoms with Crippen LogP contribution in [-0.4, -0.2) is 31.2 Å². The summed E-state index contributed by atoms with van der Waals surface area (Å²) in [7, 11) is -2.39. The molecule has 0 fully saturated rings. The van der Waals surface area contributed by atoms with Crippen LogP contribution >= 0.6 is 11.6 Å². The minimum Gasteiger partial charge on any atom is -0.323 e. The van der Waals surface area contributed by atoms with E-state index in [2.05, 4.69) is 0 Å². The van der Waals surface area contributed by atoms with Gasteiger partial charge in [0.15, 0.2) is 0 Å². The average Bonchev–Trinajstić information content (AvgIpc) is 2.54. The summed E-state index contributed by atoms with van der Waals surface area (Å²) in [4.78, 5) is 10.0. The maximum absolute atomic E-state index is 12.5. The molecule has 2 N–H and O–H groups in total. The van der Waals surface area contributed by atoms with E-state index in [4.69, 9.17) is 17.3 Å². The molecule has 24 heavy (non-hydrogen) atoms. The molecule has 0 aliphatic carbocycles. The van der Waals surface area contributed by atoms with Gasteiger partial charge in [-0.2, -0.15) is 4.31 Å². The summed E-state index contributed by atoms with van der Waals surface area (Å²) in [6.07, 6.45) is 0. The lowest BCUT2D eigenvalue weighted by molar-refractivity contribution is -0.384. The van der Waals surface area contributed by atoms with Crippen LogP contribution < -0.4 is 5.73 Å². The number of non-ortho nitro benzene ring substituents is 1. The van der Waals surface area contributed by atoms with E-state index in [0.29, 0.717) is 10.6 Å². The zero-order valence-corrected chi connectivity index (χ0v) is 14.4. The first kappa shape index (κ1) is 18.3. The van der Waals surface area contributed by atoms with Gasteiger partial charge in [-0.05, 0) is 29.8 Å². The number of sulfonamides is 1. The van der Waals surface area contributed by atoms with E-state index < -0.39 is 21.0 Å². The minimum absolute atomic E-state index is 0.0334. The van der Waals surface area contributed by atoms with Crippen molar-refractivity contribution in [2.45, 2.75) is 10.9 Å². The van der Waals surface area contributed by atoms with Crippen molar-refractivity contribution < 1.29 is 13.3 Å². The van der Waals surface area contributed by atoms with Crippen LogP contribution in [0.15, 0.2) is 53.4 Å². The molecule has 9 heteroatoms. The van der Waals surface area contributed by atoms with Gasteiger partial charge in [0.25, 0.3) is 5.69 Å². The molecule has 128 valence electrons. The predicted octanol–water partition coefficient (Wildman–Crippen LogP) is 2.57. The van der Waals surface area contributed by atoms with E-state index in [1.165, 1.54) is 19.2 Å². The van der Waals surface area contributed by atoms with Crippen LogP contribution in [0, 0.1) is 10.1 Å². The molecule has 0 bridgehead atoms. The molecule has 1 unspecified atom stereocenters. The highest BCUT2D eigenvalue weighted by molar-refractivity contribution is 7.89. The molecule has 2 aromatic rings. The fourth-order valence-electron chi connectivity index (χ4n) is 2.14. The first-order valence-electron chi connectivity index (χ1n) is 6.93. The molecule has 0 spiro atoms. The first-order valence-corrected chi connectivity index (χ1v) is 8.75. The van der Waals surface area contributed by atoms with E-state index >= 15 is 0 Å². The van der Waals surface area contributed by atoms with Gasteiger partial charge in [-0.1, -0.05) is 23.7 Å². The molecule has 0 aliphatic heterocycles. The van der Waals surface area contributed by atoms with Gasteiger partial charge >= 0.3 is 0 Å². The normalized spacial score (nSPS) is 13.0. The molecule has 7 nitrogen and oxygen atoms in total. The number of hydrogen-bond acceptors (Lipinski definition) is 5. The summed E-state index contributed by atoms with van der Waals surface area (Å²) >= 11 is 5.91. The minimum atomic E-state index is -3.80. The first-order chi connectivity index (χ1) is 11.2. The highest BCUT2D eigenvalue weighted by Crippen LogP contribution is 2.22. The average molecular weight is 370 g/mol. The third-order valence-corrected chi connectivity index (χ3v) is 5.56. The Bertz CT molecular complexity index is 840. The monoisotopic (exact) mass is 369 g/mol. The Kier molecular flexibility index (Phi) is 5.55. The zero-order valence-electron chi connectivity index (χ0n) is 12.8. The largest absolute Gasteiger partial charge is 0.323 e. The van der Waals surface area contributed by atoms with Crippen LogP contribution in [0.4, 0.5) is 5.69 Å². The van der Waals surface area contributed by atoms with Crippen LogP contribution in [0.2, 0.25) is 5.02 Å². The number of nitrogens with zero attached hydrogens (tertiary/aromatic N) is 2. The fraction of sp³-hybridized carbons (Fsp3) is 0.200.